The molecule has 2 bridgehead atoms. The van der Waals surface area contributed by atoms with E-state index >= 15 is 0 Å². The molecule has 1 heterocycles. The highest BCUT2D eigenvalue weighted by molar-refractivity contribution is 7.13. The van der Waals surface area contributed by atoms with E-state index in [4.69, 9.17) is 0 Å². The van der Waals surface area contributed by atoms with Gasteiger partial charge in [-0.05, 0) is 25.2 Å². The normalized spacial score (nSPS) is 31.6. The second kappa shape index (κ2) is 4.45. The highest BCUT2D eigenvalue weighted by Crippen LogP contribution is 2.48. The highest BCUT2D eigenvalue weighted by atomic mass is 32.1. The predicted molar refractivity (Wildman–Crippen MR) is 68.2 cm³/mol. The van der Waals surface area contributed by atoms with Crippen molar-refractivity contribution in [2.24, 2.45) is 23.7 Å². The maximum absolute atomic E-state index is 12.3. The molecule has 0 aliphatic heterocycles. The Kier molecular flexibility index (Phi) is 2.89. The maximum Gasteiger partial charge on any atom is 0.230 e. The second-order valence-electron chi connectivity index (χ2n) is 5.10. The Balaban J connectivity index is 1.79. The third kappa shape index (κ3) is 2.06. The van der Waals surface area contributed by atoms with Crippen LogP contribution in [-0.2, 0) is 9.59 Å². The lowest BCUT2D eigenvalue weighted by atomic mass is 9.82. The number of fused-ring (bicyclic) bond motifs is 2. The standard InChI is InChI=1S/C13H14N2O3S/c1-6-5-19-13(14-6)15-11(16)9-7-2-3-8(4-7)10(9)12(17)18/h2-3,5,7-10H,4H2,1H3,(H,17,18)(H,14,15,16)/p-1/t7-,8-,9-,10-/m0/s1. The van der Waals surface area contributed by atoms with E-state index in [2.05, 4.69) is 10.3 Å². The first kappa shape index (κ1) is 12.3. The Hall–Kier alpha value is -1.69. The summed E-state index contributed by atoms with van der Waals surface area (Å²) in [5, 5.41) is 16.3. The van der Waals surface area contributed by atoms with E-state index in [1.807, 2.05) is 24.5 Å². The molecule has 0 radical (unpaired) electrons. The first-order valence-corrected chi connectivity index (χ1v) is 7.06. The molecular formula is C13H13N2O3S-. The molecule has 1 aromatic rings. The Morgan fingerprint density at radius 2 is 2.05 bits per heavy atom. The van der Waals surface area contributed by atoms with Gasteiger partial charge in [-0.1, -0.05) is 12.2 Å². The van der Waals surface area contributed by atoms with Crippen LogP contribution in [0.15, 0.2) is 17.5 Å². The Labute approximate surface area is 114 Å². The SMILES string of the molecule is Cc1csc(NC(=O)[C@@H]2[C@@H](C(=O)[O-])[C@H]3C=C[C@H]2C3)n1. The number of carboxylic acids is 1. The molecule has 1 fully saturated rings. The summed E-state index contributed by atoms with van der Waals surface area (Å²) in [6, 6.07) is 0. The quantitative estimate of drug-likeness (QED) is 0.819. The fourth-order valence-electron chi connectivity index (χ4n) is 3.10. The number of carbonyl (C=O) groups excluding carboxylic acids is 2. The van der Waals surface area contributed by atoms with Crippen LogP contribution in [0.1, 0.15) is 12.1 Å². The summed E-state index contributed by atoms with van der Waals surface area (Å²) >= 11 is 1.34. The number of aliphatic carboxylic acids is 1. The molecule has 1 N–H and O–H groups in total. The van der Waals surface area contributed by atoms with Crippen LogP contribution in [0.25, 0.3) is 0 Å². The molecule has 5 nitrogen and oxygen atoms in total. The van der Waals surface area contributed by atoms with Gasteiger partial charge in [-0.15, -0.1) is 11.3 Å². The van der Waals surface area contributed by atoms with Crippen LogP contribution < -0.4 is 10.4 Å². The minimum Gasteiger partial charge on any atom is -0.550 e. The lowest BCUT2D eigenvalue weighted by Crippen LogP contribution is -2.42. The smallest absolute Gasteiger partial charge is 0.230 e. The molecule has 100 valence electrons. The van der Waals surface area contributed by atoms with E-state index in [0.717, 1.165) is 12.1 Å². The zero-order valence-corrected chi connectivity index (χ0v) is 11.1. The average molecular weight is 277 g/mol. The molecule has 0 unspecified atom stereocenters. The number of aryl methyl sites for hydroxylation is 1. The van der Waals surface area contributed by atoms with E-state index in [9.17, 15) is 14.7 Å². The van der Waals surface area contributed by atoms with Gasteiger partial charge in [0.15, 0.2) is 5.13 Å². The number of allylic oxidation sites excluding steroid dienone is 2. The average Bonchev–Trinajstić information content (AvgIpc) is 3.03. The maximum atomic E-state index is 12.3. The molecule has 1 amide bonds. The predicted octanol–water partition coefficient (Wildman–Crippen LogP) is 0.578. The fourth-order valence-corrected chi connectivity index (χ4v) is 3.79. The monoisotopic (exact) mass is 277 g/mol. The van der Waals surface area contributed by atoms with Gasteiger partial charge in [0, 0.05) is 17.3 Å². The summed E-state index contributed by atoms with van der Waals surface area (Å²) in [6.45, 7) is 1.84. The number of hydrogen-bond donors (Lipinski definition) is 1. The number of amides is 1. The van der Waals surface area contributed by atoms with Gasteiger partial charge in [0.25, 0.3) is 0 Å². The van der Waals surface area contributed by atoms with Gasteiger partial charge in [0.2, 0.25) is 5.91 Å². The molecule has 2 aliphatic carbocycles. The lowest BCUT2D eigenvalue weighted by molar-refractivity contribution is -0.313. The third-order valence-electron chi connectivity index (χ3n) is 3.88. The number of nitrogens with zero attached hydrogens (tertiary/aromatic N) is 1. The highest BCUT2D eigenvalue weighted by Gasteiger charge is 2.48. The number of aromatic nitrogens is 1. The fraction of sp³-hybridized carbons (Fsp3) is 0.462. The van der Waals surface area contributed by atoms with E-state index in [1.54, 1.807) is 0 Å². The summed E-state index contributed by atoms with van der Waals surface area (Å²) in [4.78, 5) is 27.6. The van der Waals surface area contributed by atoms with Gasteiger partial charge in [0.05, 0.1) is 11.6 Å². The minimum atomic E-state index is -1.13. The van der Waals surface area contributed by atoms with Gasteiger partial charge in [-0.25, -0.2) is 4.98 Å². The number of carbonyl (C=O) groups is 2. The topological polar surface area (TPSA) is 82.1 Å². The van der Waals surface area contributed by atoms with Gasteiger partial charge in [-0.3, -0.25) is 4.79 Å². The molecule has 1 aromatic heterocycles. The van der Waals surface area contributed by atoms with Gasteiger partial charge in [0.1, 0.15) is 0 Å². The minimum absolute atomic E-state index is 0.00830. The van der Waals surface area contributed by atoms with Crippen molar-refractivity contribution >= 4 is 28.3 Å². The van der Waals surface area contributed by atoms with Crippen molar-refractivity contribution < 1.29 is 14.7 Å². The molecule has 0 spiro atoms. The molecule has 0 aromatic carbocycles. The summed E-state index contributed by atoms with van der Waals surface area (Å²) < 4.78 is 0. The molecule has 2 aliphatic rings. The van der Waals surface area contributed by atoms with Crippen LogP contribution in [0.2, 0.25) is 0 Å². The molecule has 1 saturated carbocycles. The third-order valence-corrected chi connectivity index (χ3v) is 4.76. The Bertz CT molecular complexity index is 566. The van der Waals surface area contributed by atoms with Gasteiger partial charge >= 0.3 is 0 Å². The number of nitrogens with one attached hydrogen (secondary N) is 1. The molecule has 6 heteroatoms. The van der Waals surface area contributed by atoms with Crippen molar-refractivity contribution in [3.05, 3.63) is 23.2 Å². The molecule has 4 atom stereocenters. The van der Waals surface area contributed by atoms with Crippen molar-refractivity contribution in [3.8, 4) is 0 Å². The van der Waals surface area contributed by atoms with Crippen LogP contribution in [0, 0.1) is 30.6 Å². The summed E-state index contributed by atoms with van der Waals surface area (Å²) in [7, 11) is 0. The lowest BCUT2D eigenvalue weighted by Gasteiger charge is -2.27. The first-order valence-electron chi connectivity index (χ1n) is 6.18. The van der Waals surface area contributed by atoms with E-state index in [1.165, 1.54) is 11.3 Å². The summed E-state index contributed by atoms with van der Waals surface area (Å²) in [5.74, 6) is -2.70. The van der Waals surface area contributed by atoms with Crippen LogP contribution in [0.4, 0.5) is 5.13 Å². The van der Waals surface area contributed by atoms with Crippen molar-refractivity contribution in [1.82, 2.24) is 4.98 Å². The molecule has 3 rings (SSSR count). The van der Waals surface area contributed by atoms with Gasteiger partial charge in [-0.2, -0.15) is 0 Å². The Morgan fingerprint density at radius 3 is 2.63 bits per heavy atom. The number of rotatable bonds is 3. The van der Waals surface area contributed by atoms with Crippen LogP contribution in [0.3, 0.4) is 0 Å². The van der Waals surface area contributed by atoms with Crippen molar-refractivity contribution in [2.45, 2.75) is 13.3 Å². The Morgan fingerprint density at radius 1 is 1.37 bits per heavy atom. The van der Waals surface area contributed by atoms with Gasteiger partial charge < -0.3 is 15.2 Å². The number of hydrogen-bond acceptors (Lipinski definition) is 5. The largest absolute Gasteiger partial charge is 0.550 e. The summed E-state index contributed by atoms with van der Waals surface area (Å²) in [6.07, 6.45) is 4.57. The molecule has 0 saturated heterocycles. The van der Waals surface area contributed by atoms with Crippen LogP contribution in [0.5, 0.6) is 0 Å². The van der Waals surface area contributed by atoms with E-state index in [0.29, 0.717) is 5.13 Å². The first-order chi connectivity index (χ1) is 9.06. The number of thiazole rings is 1. The zero-order valence-electron chi connectivity index (χ0n) is 10.3. The number of anilines is 1. The van der Waals surface area contributed by atoms with Crippen molar-refractivity contribution in [1.29, 1.82) is 0 Å². The van der Waals surface area contributed by atoms with E-state index in [-0.39, 0.29) is 17.7 Å². The zero-order chi connectivity index (χ0) is 13.6. The number of carboxylic acid groups (broad SMARTS) is 1. The van der Waals surface area contributed by atoms with Crippen molar-refractivity contribution in [2.75, 3.05) is 5.32 Å². The molecular weight excluding hydrogens is 264 g/mol. The summed E-state index contributed by atoms with van der Waals surface area (Å²) in [5.41, 5.74) is 0.838. The van der Waals surface area contributed by atoms with Crippen LogP contribution >= 0.6 is 11.3 Å². The second-order valence-corrected chi connectivity index (χ2v) is 5.96. The van der Waals surface area contributed by atoms with E-state index < -0.39 is 17.8 Å². The van der Waals surface area contributed by atoms with Crippen molar-refractivity contribution in [3.63, 3.8) is 0 Å². The molecule has 19 heavy (non-hydrogen) atoms. The van der Waals surface area contributed by atoms with Crippen LogP contribution in [-0.4, -0.2) is 16.9 Å².